The molecule has 0 aliphatic rings. The highest BCUT2D eigenvalue weighted by Gasteiger charge is 2.28. The predicted molar refractivity (Wildman–Crippen MR) is 63.3 cm³/mol. The molecule has 0 spiro atoms. The normalized spacial score (nSPS) is 14.7. The minimum Gasteiger partial charge on any atom is -0.420 e. The molecule has 3 nitrogen and oxygen atoms in total. The van der Waals surface area contributed by atoms with Crippen molar-refractivity contribution >= 4 is 46.1 Å². The van der Waals surface area contributed by atoms with Crippen molar-refractivity contribution < 1.29 is 22.7 Å². The van der Waals surface area contributed by atoms with Crippen molar-refractivity contribution in [2.75, 3.05) is 6.42 Å². The van der Waals surface area contributed by atoms with Gasteiger partial charge in [0.2, 0.25) is 6.42 Å². The largest absolute Gasteiger partial charge is 0.441 e. The molecule has 1 rings (SSSR count). The summed E-state index contributed by atoms with van der Waals surface area (Å²) in [6, 6.07) is 4.83. The zero-order chi connectivity index (χ0) is 11.5. The lowest BCUT2D eigenvalue weighted by molar-refractivity contribution is -0.0190. The highest BCUT2D eigenvalue weighted by molar-refractivity contribution is 14.1. The smallest absolute Gasteiger partial charge is 0.420 e. The summed E-state index contributed by atoms with van der Waals surface area (Å²) in [7, 11) is -4.32. The molecule has 8 heteroatoms. The van der Waals surface area contributed by atoms with Gasteiger partial charge in [0.05, 0.1) is 4.47 Å². The molecule has 0 aromatic heterocycles. The molecular formula is C7H5BrF2IO3P. The number of hydrogen-bond donors (Lipinski definition) is 0. The van der Waals surface area contributed by atoms with Crippen molar-refractivity contribution in [3.05, 3.63) is 26.2 Å². The van der Waals surface area contributed by atoms with Crippen LogP contribution in [0.15, 0.2) is 22.7 Å². The zero-order valence-corrected chi connectivity index (χ0v) is 11.8. The van der Waals surface area contributed by atoms with E-state index in [4.69, 9.17) is 0 Å². The van der Waals surface area contributed by atoms with E-state index < -0.39 is 14.0 Å². The summed E-state index contributed by atoms with van der Waals surface area (Å²) >= 11 is 5.07. The SMILES string of the molecule is O=P(CF)(OF)Oc1cc(I)ccc1Br. The van der Waals surface area contributed by atoms with Gasteiger partial charge in [-0.1, -0.05) is 4.73 Å². The van der Waals surface area contributed by atoms with E-state index >= 15 is 0 Å². The minimum atomic E-state index is -4.32. The fourth-order valence-corrected chi connectivity index (χ4v) is 2.23. The molecule has 0 bridgehead atoms. The van der Waals surface area contributed by atoms with Gasteiger partial charge in [-0.3, -0.25) is 0 Å². The van der Waals surface area contributed by atoms with Gasteiger partial charge < -0.3 is 4.52 Å². The molecule has 0 heterocycles. The van der Waals surface area contributed by atoms with Crippen LogP contribution in [0.4, 0.5) is 8.92 Å². The maximum absolute atomic E-state index is 12.2. The molecule has 0 aliphatic heterocycles. The van der Waals surface area contributed by atoms with Crippen LogP contribution < -0.4 is 4.52 Å². The number of hydrogen-bond acceptors (Lipinski definition) is 3. The summed E-state index contributed by atoms with van der Waals surface area (Å²) in [5, 5.41) is 0. The lowest BCUT2D eigenvalue weighted by atomic mass is 10.3. The standard InChI is InChI=1S/C7H5BrF2IO3P/c8-6-2-1-5(11)3-7(6)13-15(12,4-9)14-10/h1-3H,4H2. The van der Waals surface area contributed by atoms with Gasteiger partial charge >= 0.3 is 7.60 Å². The number of alkyl halides is 1. The van der Waals surface area contributed by atoms with Crippen LogP contribution in [0.25, 0.3) is 0 Å². The highest BCUT2D eigenvalue weighted by Crippen LogP contribution is 2.50. The van der Waals surface area contributed by atoms with Gasteiger partial charge in [-0.05, 0) is 61.2 Å². The maximum Gasteiger partial charge on any atom is 0.441 e. The Morgan fingerprint density at radius 1 is 1.53 bits per heavy atom. The molecular weight excluding hydrogens is 408 g/mol. The van der Waals surface area contributed by atoms with Crippen LogP contribution in [-0.2, 0) is 9.29 Å². The third-order valence-corrected chi connectivity index (χ3v) is 3.69. The Morgan fingerprint density at radius 2 is 2.20 bits per heavy atom. The first kappa shape index (κ1) is 13.3. The van der Waals surface area contributed by atoms with E-state index in [1.807, 2.05) is 22.6 Å². The first-order valence-electron chi connectivity index (χ1n) is 3.61. The summed E-state index contributed by atoms with van der Waals surface area (Å²) in [6.45, 7) is 0. The van der Waals surface area contributed by atoms with Crippen LogP contribution in [-0.4, -0.2) is 6.42 Å². The van der Waals surface area contributed by atoms with E-state index in [0.717, 1.165) is 3.57 Å². The topological polar surface area (TPSA) is 35.5 Å². The molecule has 1 atom stereocenters. The Labute approximate surface area is 107 Å². The first-order valence-corrected chi connectivity index (χ1v) is 7.21. The number of halogens is 4. The Kier molecular flexibility index (Phi) is 4.95. The summed E-state index contributed by atoms with van der Waals surface area (Å²) in [5.74, 6) is 0.0699. The number of benzene rings is 1. The van der Waals surface area contributed by atoms with E-state index in [1.165, 1.54) is 6.07 Å². The van der Waals surface area contributed by atoms with E-state index in [0.29, 0.717) is 4.47 Å². The van der Waals surface area contributed by atoms with Gasteiger partial charge in [0.25, 0.3) is 0 Å². The fraction of sp³-hybridized carbons (Fsp3) is 0.143. The third kappa shape index (κ3) is 3.65. The van der Waals surface area contributed by atoms with Crippen LogP contribution in [0.5, 0.6) is 5.75 Å². The Bertz CT molecular complexity index is 396. The molecule has 0 saturated heterocycles. The third-order valence-electron chi connectivity index (χ3n) is 1.38. The molecule has 1 aromatic carbocycles. The quantitative estimate of drug-likeness (QED) is 0.541. The fourth-order valence-electron chi connectivity index (χ4n) is 0.754. The molecule has 1 aromatic rings. The van der Waals surface area contributed by atoms with Crippen molar-refractivity contribution in [2.24, 2.45) is 0 Å². The molecule has 84 valence electrons. The van der Waals surface area contributed by atoms with E-state index in [-0.39, 0.29) is 5.75 Å². The zero-order valence-electron chi connectivity index (χ0n) is 7.12. The van der Waals surface area contributed by atoms with Gasteiger partial charge in [0.1, 0.15) is 5.75 Å². The average Bonchev–Trinajstić information content (AvgIpc) is 2.23. The van der Waals surface area contributed by atoms with E-state index in [9.17, 15) is 13.5 Å². The van der Waals surface area contributed by atoms with Crippen molar-refractivity contribution in [1.29, 1.82) is 0 Å². The van der Waals surface area contributed by atoms with Crippen molar-refractivity contribution in [1.82, 2.24) is 0 Å². The Morgan fingerprint density at radius 3 is 2.73 bits per heavy atom. The summed E-state index contributed by atoms with van der Waals surface area (Å²) < 4.78 is 44.0. The van der Waals surface area contributed by atoms with Gasteiger partial charge in [0, 0.05) is 3.57 Å². The Balaban J connectivity index is 2.98. The second-order valence-electron chi connectivity index (χ2n) is 2.47. The molecule has 1 unspecified atom stereocenters. The van der Waals surface area contributed by atoms with Crippen LogP contribution in [0, 0.1) is 3.57 Å². The van der Waals surface area contributed by atoms with Gasteiger partial charge in [-0.2, -0.15) is 0 Å². The summed E-state index contributed by atoms with van der Waals surface area (Å²) in [4.78, 5) is 0. The minimum absolute atomic E-state index is 0.0699. The first-order chi connectivity index (χ1) is 7.00. The lowest BCUT2D eigenvalue weighted by Crippen LogP contribution is -1.96. The van der Waals surface area contributed by atoms with Gasteiger partial charge in [0.15, 0.2) is 0 Å². The van der Waals surface area contributed by atoms with Crippen molar-refractivity contribution in [2.45, 2.75) is 0 Å². The second kappa shape index (κ2) is 5.56. The predicted octanol–water partition coefficient (Wildman–Crippen LogP) is 4.45. The van der Waals surface area contributed by atoms with Crippen molar-refractivity contribution in [3.63, 3.8) is 0 Å². The number of rotatable bonds is 4. The molecule has 0 amide bonds. The second-order valence-corrected chi connectivity index (χ2v) is 6.35. The van der Waals surface area contributed by atoms with Gasteiger partial charge in [-0.25, -0.2) is 8.96 Å². The van der Waals surface area contributed by atoms with E-state index in [1.54, 1.807) is 12.1 Å². The van der Waals surface area contributed by atoms with E-state index in [2.05, 4.69) is 25.2 Å². The molecule has 0 saturated carbocycles. The van der Waals surface area contributed by atoms with Gasteiger partial charge in [-0.15, -0.1) is 0 Å². The molecule has 0 aliphatic carbocycles. The summed E-state index contributed by atoms with van der Waals surface area (Å²) in [6.07, 6.45) is -1.53. The lowest BCUT2D eigenvalue weighted by Gasteiger charge is -2.12. The summed E-state index contributed by atoms with van der Waals surface area (Å²) in [5.41, 5.74) is 0. The molecule has 0 fully saturated rings. The van der Waals surface area contributed by atoms with Crippen LogP contribution in [0.1, 0.15) is 0 Å². The monoisotopic (exact) mass is 412 g/mol. The maximum atomic E-state index is 12.2. The van der Waals surface area contributed by atoms with Crippen LogP contribution in [0.3, 0.4) is 0 Å². The molecule has 0 N–H and O–H groups in total. The Hall–Kier alpha value is 0.280. The van der Waals surface area contributed by atoms with Crippen molar-refractivity contribution in [3.8, 4) is 5.75 Å². The van der Waals surface area contributed by atoms with Crippen LogP contribution in [0.2, 0.25) is 0 Å². The highest BCUT2D eigenvalue weighted by atomic mass is 127. The molecule has 15 heavy (non-hydrogen) atoms. The molecule has 0 radical (unpaired) electrons. The average molecular weight is 413 g/mol. The van der Waals surface area contributed by atoms with Crippen LogP contribution >= 0.6 is 46.1 Å².